The van der Waals surface area contributed by atoms with Crippen molar-refractivity contribution in [2.75, 3.05) is 23.9 Å². The molecule has 7 rings (SSSR count). The highest BCUT2D eigenvalue weighted by atomic mass is 32.2. The molecule has 3 atom stereocenters. The van der Waals surface area contributed by atoms with Gasteiger partial charge >= 0.3 is 4.87 Å². The molecule has 2 aliphatic heterocycles. The number of aromatic amines is 1. The maximum atomic E-state index is 13.9. The van der Waals surface area contributed by atoms with Crippen LogP contribution in [0.5, 0.6) is 11.5 Å². The minimum Gasteiger partial charge on any atom is -0.493 e. The molecule has 0 spiro atoms. The fraction of sp³-hybridized carbons (Fsp3) is 0.152. The van der Waals surface area contributed by atoms with Gasteiger partial charge in [-0.3, -0.25) is 19.2 Å². The number of fused-ring (bicyclic) bond motifs is 3. The van der Waals surface area contributed by atoms with Crippen LogP contribution < -0.4 is 24.6 Å². The van der Waals surface area contributed by atoms with E-state index in [0.29, 0.717) is 38.3 Å². The van der Waals surface area contributed by atoms with E-state index in [1.54, 1.807) is 42.5 Å². The first-order valence-corrected chi connectivity index (χ1v) is 15.5. The molecule has 0 aliphatic carbocycles. The highest BCUT2D eigenvalue weighted by Gasteiger charge is 2.56. The SMILES string of the molecule is COc1cc([C@H]2c3sc(=O)[nH]c3SC3C(=O)N(c4ccccc4)C(=O)C32)ccc1OCC(=O)Nc1ccc2ccccc2c1. The molecule has 1 saturated heterocycles. The van der Waals surface area contributed by atoms with Crippen molar-refractivity contribution < 1.29 is 23.9 Å². The number of anilines is 2. The number of carbonyl (C=O) groups excluding carboxylic acids is 3. The standard InChI is InChI=1S/C33H25N3O6S2/c1-41-24-16-20(12-14-23(24)42-17-25(37)34-21-13-11-18-7-5-6-8-19(18)15-21)26-27-29(43-30-28(26)44-33(40)35-30)32(39)36(31(27)38)22-9-3-2-4-10-22/h2-16,26-27,29H,17H2,1H3,(H,34,37)(H,35,40)/t26-,27?,29?/m1/s1. The van der Waals surface area contributed by atoms with Crippen molar-refractivity contribution in [1.82, 2.24) is 4.98 Å². The average molecular weight is 624 g/mol. The minimum atomic E-state index is -0.726. The van der Waals surface area contributed by atoms with E-state index in [2.05, 4.69) is 10.3 Å². The van der Waals surface area contributed by atoms with E-state index in [1.807, 2.05) is 48.5 Å². The largest absolute Gasteiger partial charge is 0.493 e. The van der Waals surface area contributed by atoms with E-state index in [4.69, 9.17) is 9.47 Å². The van der Waals surface area contributed by atoms with Crippen molar-refractivity contribution >= 4 is 63.0 Å². The molecule has 11 heteroatoms. The first-order chi connectivity index (χ1) is 21.4. The van der Waals surface area contributed by atoms with Gasteiger partial charge in [-0.05, 0) is 52.7 Å². The summed E-state index contributed by atoms with van der Waals surface area (Å²) in [7, 11) is 1.49. The molecule has 4 aromatic carbocycles. The smallest absolute Gasteiger partial charge is 0.305 e. The monoisotopic (exact) mass is 623 g/mol. The van der Waals surface area contributed by atoms with Crippen LogP contribution in [0, 0.1) is 5.92 Å². The number of amides is 3. The lowest BCUT2D eigenvalue weighted by Crippen LogP contribution is -2.32. The lowest BCUT2D eigenvalue weighted by molar-refractivity contribution is -0.122. The van der Waals surface area contributed by atoms with Gasteiger partial charge in [0.2, 0.25) is 11.8 Å². The summed E-state index contributed by atoms with van der Waals surface area (Å²) in [6, 6.07) is 27.6. The van der Waals surface area contributed by atoms with E-state index in [-0.39, 0.29) is 29.2 Å². The quantitative estimate of drug-likeness (QED) is 0.233. The zero-order valence-electron chi connectivity index (χ0n) is 23.3. The van der Waals surface area contributed by atoms with E-state index in [1.165, 1.54) is 23.8 Å². The predicted molar refractivity (Wildman–Crippen MR) is 170 cm³/mol. The topological polar surface area (TPSA) is 118 Å². The normalized spacial score (nSPS) is 19.0. The van der Waals surface area contributed by atoms with Gasteiger partial charge in [-0.2, -0.15) is 0 Å². The fourth-order valence-corrected chi connectivity index (χ4v) is 8.33. The Balaban J connectivity index is 1.15. The molecule has 5 aromatic rings. The summed E-state index contributed by atoms with van der Waals surface area (Å²) >= 11 is 2.26. The Bertz CT molecular complexity index is 1990. The molecule has 9 nitrogen and oxygen atoms in total. The lowest BCUT2D eigenvalue weighted by Gasteiger charge is -2.30. The second-order valence-corrected chi connectivity index (χ2v) is 12.6. The number of benzene rings is 4. The minimum absolute atomic E-state index is 0.253. The molecule has 2 N–H and O–H groups in total. The molecule has 0 radical (unpaired) electrons. The number of para-hydroxylation sites is 1. The Hall–Kier alpha value is -4.87. The first-order valence-electron chi connectivity index (χ1n) is 13.8. The van der Waals surface area contributed by atoms with Crippen LogP contribution in [0.25, 0.3) is 10.8 Å². The van der Waals surface area contributed by atoms with E-state index in [0.717, 1.165) is 22.1 Å². The second-order valence-electron chi connectivity index (χ2n) is 10.4. The molecule has 3 amide bonds. The summed E-state index contributed by atoms with van der Waals surface area (Å²) in [6.45, 7) is -0.254. The Kier molecular flexibility index (Phi) is 7.19. The number of carbonyl (C=O) groups is 3. The van der Waals surface area contributed by atoms with Gasteiger partial charge in [-0.1, -0.05) is 77.7 Å². The number of nitrogens with one attached hydrogen (secondary N) is 2. The Labute approximate surface area is 259 Å². The second kappa shape index (κ2) is 11.3. The van der Waals surface area contributed by atoms with Gasteiger partial charge in [0.05, 0.1) is 23.7 Å². The summed E-state index contributed by atoms with van der Waals surface area (Å²) < 4.78 is 11.5. The van der Waals surface area contributed by atoms with Crippen LogP contribution in [0.2, 0.25) is 0 Å². The average Bonchev–Trinajstić information content (AvgIpc) is 3.54. The van der Waals surface area contributed by atoms with E-state index < -0.39 is 17.1 Å². The highest BCUT2D eigenvalue weighted by molar-refractivity contribution is 8.00. The Morgan fingerprint density at radius 1 is 0.886 bits per heavy atom. The summed E-state index contributed by atoms with van der Waals surface area (Å²) in [4.78, 5) is 57.1. The van der Waals surface area contributed by atoms with Gasteiger partial charge in [0.1, 0.15) is 5.25 Å². The molecule has 3 heterocycles. The number of thiazole rings is 1. The summed E-state index contributed by atoms with van der Waals surface area (Å²) in [6.07, 6.45) is 0. The van der Waals surface area contributed by atoms with Crippen molar-refractivity contribution in [2.45, 2.75) is 16.2 Å². The fourth-order valence-electron chi connectivity index (χ4n) is 5.81. The molecule has 1 aromatic heterocycles. The number of rotatable bonds is 7. The molecule has 2 aliphatic rings. The van der Waals surface area contributed by atoms with Crippen molar-refractivity contribution in [3.05, 3.63) is 111 Å². The summed E-state index contributed by atoms with van der Waals surface area (Å²) in [5, 5.41) is 4.83. The number of ether oxygens (including phenoxy) is 2. The van der Waals surface area contributed by atoms with Crippen LogP contribution >= 0.6 is 23.1 Å². The Morgan fingerprint density at radius 3 is 2.45 bits per heavy atom. The van der Waals surface area contributed by atoms with Gasteiger partial charge in [0.25, 0.3) is 5.91 Å². The lowest BCUT2D eigenvalue weighted by atomic mass is 9.83. The Morgan fingerprint density at radius 2 is 1.66 bits per heavy atom. The molecular weight excluding hydrogens is 599 g/mol. The third-order valence-corrected chi connectivity index (χ3v) is 10.2. The van der Waals surface area contributed by atoms with E-state index >= 15 is 0 Å². The number of H-pyrrole nitrogens is 1. The summed E-state index contributed by atoms with van der Waals surface area (Å²) in [5.41, 5.74) is 1.86. The highest BCUT2D eigenvalue weighted by Crippen LogP contribution is 2.53. The molecule has 0 bridgehead atoms. The number of methoxy groups -OCH3 is 1. The van der Waals surface area contributed by atoms with Crippen molar-refractivity contribution in [2.24, 2.45) is 5.92 Å². The number of thioether (sulfide) groups is 1. The number of nitrogens with zero attached hydrogens (tertiary/aromatic N) is 1. The van der Waals surface area contributed by atoms with Crippen LogP contribution in [-0.2, 0) is 14.4 Å². The maximum absolute atomic E-state index is 13.9. The summed E-state index contributed by atoms with van der Waals surface area (Å²) in [5.74, 6) is -1.56. The molecule has 2 unspecified atom stereocenters. The number of hydrogen-bond donors (Lipinski definition) is 2. The molecule has 1 fully saturated rings. The maximum Gasteiger partial charge on any atom is 0.305 e. The molecule has 44 heavy (non-hydrogen) atoms. The van der Waals surface area contributed by atoms with Crippen molar-refractivity contribution in [3.63, 3.8) is 0 Å². The molecule has 0 saturated carbocycles. The van der Waals surface area contributed by atoms with Crippen LogP contribution in [0.15, 0.2) is 101 Å². The number of aromatic nitrogens is 1. The third-order valence-electron chi connectivity index (χ3n) is 7.78. The van der Waals surface area contributed by atoms with Gasteiger partial charge in [0, 0.05) is 16.5 Å². The van der Waals surface area contributed by atoms with Crippen LogP contribution in [0.1, 0.15) is 16.4 Å². The third kappa shape index (κ3) is 4.93. The number of hydrogen-bond acceptors (Lipinski definition) is 8. The first kappa shape index (κ1) is 27.9. The van der Waals surface area contributed by atoms with Crippen LogP contribution in [0.4, 0.5) is 11.4 Å². The zero-order chi connectivity index (χ0) is 30.4. The molecular formula is C33H25N3O6S2. The van der Waals surface area contributed by atoms with Crippen molar-refractivity contribution in [3.8, 4) is 11.5 Å². The van der Waals surface area contributed by atoms with Crippen LogP contribution in [0.3, 0.4) is 0 Å². The van der Waals surface area contributed by atoms with Crippen molar-refractivity contribution in [1.29, 1.82) is 0 Å². The van der Waals surface area contributed by atoms with Gasteiger partial charge in [-0.15, -0.1) is 0 Å². The number of imide groups is 1. The zero-order valence-corrected chi connectivity index (χ0v) is 24.9. The molecule has 220 valence electrons. The van der Waals surface area contributed by atoms with Gasteiger partial charge < -0.3 is 19.8 Å². The van der Waals surface area contributed by atoms with Gasteiger partial charge in [-0.25, -0.2) is 4.90 Å². The van der Waals surface area contributed by atoms with Crippen LogP contribution in [-0.4, -0.2) is 41.7 Å². The predicted octanol–water partition coefficient (Wildman–Crippen LogP) is 5.41. The van der Waals surface area contributed by atoms with Gasteiger partial charge in [0.15, 0.2) is 18.1 Å². The van der Waals surface area contributed by atoms with E-state index in [9.17, 15) is 19.2 Å².